The Hall–Kier alpha value is -2.22. The van der Waals surface area contributed by atoms with E-state index in [0.29, 0.717) is 10.0 Å². The molecule has 2 rings (SSSR count). The lowest BCUT2D eigenvalue weighted by atomic mass is 10.2. The number of halogens is 1. The summed E-state index contributed by atoms with van der Waals surface area (Å²) >= 11 is 3.21. The van der Waals surface area contributed by atoms with Gasteiger partial charge in [-0.1, -0.05) is 15.9 Å². The molecule has 20 heavy (non-hydrogen) atoms. The molecule has 0 amide bonds. The van der Waals surface area contributed by atoms with Crippen LogP contribution in [0.3, 0.4) is 0 Å². The Balaban J connectivity index is 2.46. The first kappa shape index (κ1) is 14.2. The second-order valence-corrected chi connectivity index (χ2v) is 5.02. The summed E-state index contributed by atoms with van der Waals surface area (Å²) in [5.74, 6) is 0. The largest absolute Gasteiger partial charge is 0.331 e. The van der Waals surface area contributed by atoms with E-state index in [1.807, 2.05) is 0 Å². The topological polar surface area (TPSA) is 87.1 Å². The number of non-ortho nitro benzene ring substituents is 1. The molecule has 0 saturated heterocycles. The van der Waals surface area contributed by atoms with E-state index in [1.54, 1.807) is 7.05 Å². The maximum absolute atomic E-state index is 11.9. The summed E-state index contributed by atoms with van der Waals surface area (Å²) in [6.45, 7) is 0.0466. The molecule has 0 bridgehead atoms. The molecule has 7 nitrogen and oxygen atoms in total. The quantitative estimate of drug-likeness (QED) is 0.622. The number of hydrogen-bond acceptors (Lipinski definition) is 4. The Morgan fingerprint density at radius 2 is 2.00 bits per heavy atom. The first-order chi connectivity index (χ1) is 9.40. The third kappa shape index (κ3) is 2.69. The van der Waals surface area contributed by atoms with Crippen molar-refractivity contribution in [2.24, 2.45) is 7.05 Å². The van der Waals surface area contributed by atoms with Gasteiger partial charge in [-0.25, -0.2) is 4.79 Å². The van der Waals surface area contributed by atoms with Crippen LogP contribution in [0.25, 0.3) is 0 Å². The smallest absolute Gasteiger partial charge is 0.303 e. The number of aryl methyl sites for hydroxylation is 1. The second-order valence-electron chi connectivity index (χ2n) is 4.17. The average Bonchev–Trinajstić information content (AvgIpc) is 2.40. The van der Waals surface area contributed by atoms with Gasteiger partial charge in [0.15, 0.2) is 0 Å². The zero-order chi connectivity index (χ0) is 14.9. The number of benzene rings is 1. The zero-order valence-corrected chi connectivity index (χ0v) is 12.0. The molecule has 0 aliphatic carbocycles. The maximum Gasteiger partial charge on any atom is 0.331 e. The number of aromatic nitrogens is 2. The summed E-state index contributed by atoms with van der Waals surface area (Å²) in [6, 6.07) is 5.48. The van der Waals surface area contributed by atoms with Crippen molar-refractivity contribution in [2.45, 2.75) is 6.54 Å². The SMILES string of the molecule is Cn1ccc(=O)n(Cc2ccc([N+](=O)[O-])cc2Br)c1=O. The molecule has 0 unspecified atom stereocenters. The van der Waals surface area contributed by atoms with Gasteiger partial charge in [-0.3, -0.25) is 19.5 Å². The van der Waals surface area contributed by atoms with E-state index in [0.717, 1.165) is 4.57 Å². The molecular weight excluding hydrogens is 330 g/mol. The molecule has 0 saturated carbocycles. The van der Waals surface area contributed by atoms with Gasteiger partial charge in [0.2, 0.25) is 0 Å². The van der Waals surface area contributed by atoms with Gasteiger partial charge in [0.1, 0.15) is 0 Å². The van der Waals surface area contributed by atoms with Crippen LogP contribution >= 0.6 is 15.9 Å². The van der Waals surface area contributed by atoms with Crippen LogP contribution in [0.15, 0.2) is 44.5 Å². The Morgan fingerprint density at radius 1 is 1.30 bits per heavy atom. The summed E-state index contributed by atoms with van der Waals surface area (Å²) in [5, 5.41) is 10.7. The van der Waals surface area contributed by atoms with E-state index in [-0.39, 0.29) is 12.2 Å². The molecule has 0 fully saturated rings. The Bertz CT molecular complexity index is 794. The van der Waals surface area contributed by atoms with E-state index >= 15 is 0 Å². The fourth-order valence-electron chi connectivity index (χ4n) is 1.71. The van der Waals surface area contributed by atoms with Crippen LogP contribution in [0, 0.1) is 10.1 Å². The number of nitrogens with zero attached hydrogens (tertiary/aromatic N) is 3. The molecule has 0 N–H and O–H groups in total. The fourth-order valence-corrected chi connectivity index (χ4v) is 2.20. The highest BCUT2D eigenvalue weighted by atomic mass is 79.9. The lowest BCUT2D eigenvalue weighted by molar-refractivity contribution is -0.384. The van der Waals surface area contributed by atoms with Crippen molar-refractivity contribution < 1.29 is 4.92 Å². The highest BCUT2D eigenvalue weighted by molar-refractivity contribution is 9.10. The molecular formula is C12H10BrN3O4. The lowest BCUT2D eigenvalue weighted by Crippen LogP contribution is -2.38. The van der Waals surface area contributed by atoms with Gasteiger partial charge < -0.3 is 4.57 Å². The van der Waals surface area contributed by atoms with E-state index in [2.05, 4.69) is 15.9 Å². The number of rotatable bonds is 3. The molecule has 1 aromatic carbocycles. The van der Waals surface area contributed by atoms with Gasteiger partial charge in [-0.2, -0.15) is 0 Å². The molecule has 0 aliphatic heterocycles. The van der Waals surface area contributed by atoms with Crippen molar-refractivity contribution in [3.63, 3.8) is 0 Å². The molecule has 0 aliphatic rings. The maximum atomic E-state index is 11.9. The van der Waals surface area contributed by atoms with E-state index < -0.39 is 16.2 Å². The monoisotopic (exact) mass is 339 g/mol. The van der Waals surface area contributed by atoms with Gasteiger partial charge in [0.25, 0.3) is 11.2 Å². The van der Waals surface area contributed by atoms with Crippen molar-refractivity contribution in [2.75, 3.05) is 0 Å². The molecule has 0 spiro atoms. The van der Waals surface area contributed by atoms with Crippen molar-refractivity contribution in [1.82, 2.24) is 9.13 Å². The van der Waals surface area contributed by atoms with E-state index in [4.69, 9.17) is 0 Å². The summed E-state index contributed by atoms with van der Waals surface area (Å²) in [5.41, 5.74) is -0.309. The second kappa shape index (κ2) is 5.41. The third-order valence-corrected chi connectivity index (χ3v) is 3.55. The minimum absolute atomic E-state index is 0.0466. The Kier molecular flexibility index (Phi) is 3.84. The van der Waals surface area contributed by atoms with Crippen molar-refractivity contribution >= 4 is 21.6 Å². The predicted molar refractivity (Wildman–Crippen MR) is 75.8 cm³/mol. The highest BCUT2D eigenvalue weighted by Gasteiger charge is 2.11. The van der Waals surface area contributed by atoms with Gasteiger partial charge in [-0.05, 0) is 11.6 Å². The third-order valence-electron chi connectivity index (χ3n) is 2.82. The summed E-state index contributed by atoms with van der Waals surface area (Å²) in [6.07, 6.45) is 1.39. The lowest BCUT2D eigenvalue weighted by Gasteiger charge is -2.08. The van der Waals surface area contributed by atoms with Crippen molar-refractivity contribution in [3.8, 4) is 0 Å². The molecule has 8 heteroatoms. The molecule has 104 valence electrons. The number of nitro benzene ring substituents is 1. The minimum atomic E-state index is -0.512. The van der Waals surface area contributed by atoms with Crippen LogP contribution in [0.5, 0.6) is 0 Å². The molecule has 1 heterocycles. The van der Waals surface area contributed by atoms with Gasteiger partial charge in [0.05, 0.1) is 11.5 Å². The van der Waals surface area contributed by atoms with E-state index in [9.17, 15) is 19.7 Å². The number of nitro groups is 1. The summed E-state index contributed by atoms with van der Waals surface area (Å²) in [7, 11) is 1.54. The van der Waals surface area contributed by atoms with Gasteiger partial charge in [-0.15, -0.1) is 0 Å². The Morgan fingerprint density at radius 3 is 2.60 bits per heavy atom. The molecule has 0 atom stereocenters. The molecule has 2 aromatic rings. The first-order valence-corrected chi connectivity index (χ1v) is 6.39. The van der Waals surface area contributed by atoms with Crippen LogP contribution < -0.4 is 11.2 Å². The van der Waals surface area contributed by atoms with Gasteiger partial charge in [0, 0.05) is 35.9 Å². The van der Waals surface area contributed by atoms with Crippen LogP contribution in [-0.2, 0) is 13.6 Å². The average molecular weight is 340 g/mol. The number of hydrogen-bond donors (Lipinski definition) is 0. The fraction of sp³-hybridized carbons (Fsp3) is 0.167. The van der Waals surface area contributed by atoms with Crippen LogP contribution in [0.2, 0.25) is 0 Å². The minimum Gasteiger partial charge on any atom is -0.303 e. The normalized spacial score (nSPS) is 10.5. The Labute approximate surface area is 121 Å². The van der Waals surface area contributed by atoms with Crippen LogP contribution in [0.4, 0.5) is 5.69 Å². The highest BCUT2D eigenvalue weighted by Crippen LogP contribution is 2.23. The summed E-state index contributed by atoms with van der Waals surface area (Å²) < 4.78 is 2.83. The predicted octanol–water partition coefficient (Wildman–Crippen LogP) is 1.27. The van der Waals surface area contributed by atoms with Crippen molar-refractivity contribution in [1.29, 1.82) is 0 Å². The molecule has 0 radical (unpaired) electrons. The van der Waals surface area contributed by atoms with Crippen molar-refractivity contribution in [3.05, 3.63) is 71.5 Å². The summed E-state index contributed by atoms with van der Waals surface area (Å²) in [4.78, 5) is 33.7. The van der Waals surface area contributed by atoms with E-state index in [1.165, 1.54) is 35.0 Å². The van der Waals surface area contributed by atoms with Crippen LogP contribution in [-0.4, -0.2) is 14.1 Å². The first-order valence-electron chi connectivity index (χ1n) is 5.59. The van der Waals surface area contributed by atoms with Gasteiger partial charge >= 0.3 is 5.69 Å². The van der Waals surface area contributed by atoms with Crippen LogP contribution in [0.1, 0.15) is 5.56 Å². The standard InChI is InChI=1S/C12H10BrN3O4/c1-14-5-4-11(17)15(12(14)18)7-8-2-3-9(16(19)20)6-10(8)13/h2-6H,7H2,1H3. The molecule has 1 aromatic heterocycles. The zero-order valence-electron chi connectivity index (χ0n) is 10.4.